The van der Waals surface area contributed by atoms with Gasteiger partial charge in [-0.2, -0.15) is 0 Å². The SMILES string of the molecule is CC(C)(C)OC(=O)N[C@@H]1[C@H](CO)[C@H]2C=C[C@@H]1C2.CC(C)(C)OC(=O)N[C@H]1[C@@H](CO)[C@@H]2C=C[C@H]1C2. The zero-order valence-electron chi connectivity index (χ0n) is 21.3. The summed E-state index contributed by atoms with van der Waals surface area (Å²) in [4.78, 5) is 23.4. The van der Waals surface area contributed by atoms with E-state index in [1.165, 1.54) is 0 Å². The first-order valence-corrected chi connectivity index (χ1v) is 12.4. The van der Waals surface area contributed by atoms with Crippen molar-refractivity contribution in [1.82, 2.24) is 10.6 Å². The van der Waals surface area contributed by atoms with Crippen LogP contribution in [0.1, 0.15) is 54.4 Å². The van der Waals surface area contributed by atoms with E-state index in [9.17, 15) is 19.8 Å². The predicted molar refractivity (Wildman–Crippen MR) is 129 cm³/mol. The van der Waals surface area contributed by atoms with Gasteiger partial charge in [0, 0.05) is 37.1 Å². The van der Waals surface area contributed by atoms with E-state index in [-0.39, 0.29) is 49.3 Å². The van der Waals surface area contributed by atoms with Crippen molar-refractivity contribution >= 4 is 12.2 Å². The zero-order valence-corrected chi connectivity index (χ0v) is 21.3. The number of hydrogen-bond acceptors (Lipinski definition) is 6. The van der Waals surface area contributed by atoms with Gasteiger partial charge in [0.15, 0.2) is 0 Å². The van der Waals surface area contributed by atoms with Gasteiger partial charge < -0.3 is 30.3 Å². The topological polar surface area (TPSA) is 117 Å². The summed E-state index contributed by atoms with van der Waals surface area (Å²) >= 11 is 0. The molecule has 0 spiro atoms. The normalized spacial score (nSPS) is 35.1. The summed E-state index contributed by atoms with van der Waals surface area (Å²) < 4.78 is 10.5. The maximum Gasteiger partial charge on any atom is 0.407 e. The van der Waals surface area contributed by atoms with Crippen LogP contribution in [0.4, 0.5) is 9.59 Å². The van der Waals surface area contributed by atoms with E-state index in [1.807, 2.05) is 41.5 Å². The number of amides is 2. The molecule has 0 aromatic carbocycles. The minimum Gasteiger partial charge on any atom is -0.444 e. The molecule has 4 aliphatic rings. The molecular weight excluding hydrogens is 436 g/mol. The third-order valence-electron chi connectivity index (χ3n) is 7.03. The quantitative estimate of drug-likeness (QED) is 0.460. The predicted octanol–water partition coefficient (Wildman–Crippen LogP) is 3.39. The molecule has 4 rings (SSSR count). The molecule has 0 aromatic heterocycles. The van der Waals surface area contributed by atoms with Crippen LogP contribution in [-0.2, 0) is 9.47 Å². The Morgan fingerprint density at radius 3 is 1.32 bits per heavy atom. The van der Waals surface area contributed by atoms with E-state index >= 15 is 0 Å². The summed E-state index contributed by atoms with van der Waals surface area (Å²) in [6, 6.07) is 0.0368. The number of allylic oxidation sites excluding steroid dienone is 2. The standard InChI is InChI=1S/2C13H21NO3/c2*1-13(2,3)17-12(16)14-11-9-5-4-8(6-9)10(11)7-15/h2*4-5,8-11,15H,6-7H2,1-3H3,(H,14,16)/t2*8-,9+,10+,11-/m10/s1. The molecular formula is C26H42N2O6. The molecule has 4 N–H and O–H groups in total. The molecule has 4 bridgehead atoms. The highest BCUT2D eigenvalue weighted by Gasteiger charge is 2.46. The summed E-state index contributed by atoms with van der Waals surface area (Å²) in [6.07, 6.45) is 9.87. The third kappa shape index (κ3) is 6.54. The number of rotatable bonds is 4. The van der Waals surface area contributed by atoms with E-state index in [0.29, 0.717) is 23.7 Å². The summed E-state index contributed by atoms with van der Waals surface area (Å²) in [7, 11) is 0. The molecule has 8 nitrogen and oxygen atoms in total. The first-order valence-electron chi connectivity index (χ1n) is 12.4. The van der Waals surface area contributed by atoms with Crippen LogP contribution in [0.15, 0.2) is 24.3 Å². The molecule has 8 heteroatoms. The molecule has 0 radical (unpaired) electrons. The van der Waals surface area contributed by atoms with Gasteiger partial charge in [-0.25, -0.2) is 9.59 Å². The first-order chi connectivity index (χ1) is 15.8. The van der Waals surface area contributed by atoms with Gasteiger partial charge in [-0.15, -0.1) is 0 Å². The maximum absolute atomic E-state index is 11.7. The van der Waals surface area contributed by atoms with Crippen LogP contribution in [0.5, 0.6) is 0 Å². The second-order valence-corrected chi connectivity index (χ2v) is 11.9. The van der Waals surface area contributed by atoms with Crippen molar-refractivity contribution in [2.45, 2.75) is 77.7 Å². The van der Waals surface area contributed by atoms with Crippen LogP contribution < -0.4 is 10.6 Å². The summed E-state index contributed by atoms with van der Waals surface area (Å²) in [6.45, 7) is 11.3. The molecule has 2 saturated carbocycles. The van der Waals surface area contributed by atoms with Crippen LogP contribution in [0.2, 0.25) is 0 Å². The number of carbonyl (C=O) groups is 2. The summed E-state index contributed by atoms with van der Waals surface area (Å²) in [5, 5.41) is 24.5. The molecule has 0 unspecified atom stereocenters. The fraction of sp³-hybridized carbons (Fsp3) is 0.769. The monoisotopic (exact) mass is 478 g/mol. The Kier molecular flexibility index (Phi) is 8.03. The second kappa shape index (κ2) is 10.3. The minimum atomic E-state index is -0.480. The van der Waals surface area contributed by atoms with E-state index in [1.54, 1.807) is 0 Å². The van der Waals surface area contributed by atoms with Crippen molar-refractivity contribution in [2.75, 3.05) is 13.2 Å². The average Bonchev–Trinajstić information content (AvgIpc) is 3.46. The number of fused-ring (bicyclic) bond motifs is 4. The largest absolute Gasteiger partial charge is 0.444 e. The average molecular weight is 479 g/mol. The molecule has 2 amide bonds. The Balaban J connectivity index is 0.000000191. The third-order valence-corrected chi connectivity index (χ3v) is 7.03. The molecule has 0 heterocycles. The highest BCUT2D eigenvalue weighted by molar-refractivity contribution is 5.69. The van der Waals surface area contributed by atoms with Gasteiger partial charge in [0.2, 0.25) is 0 Å². The lowest BCUT2D eigenvalue weighted by atomic mass is 9.90. The summed E-state index contributed by atoms with van der Waals surface area (Å²) in [5.74, 6) is 1.79. The molecule has 4 aliphatic carbocycles. The van der Waals surface area contributed by atoms with Gasteiger partial charge in [-0.3, -0.25) is 0 Å². The Morgan fingerprint density at radius 2 is 1.03 bits per heavy atom. The smallest absolute Gasteiger partial charge is 0.407 e. The van der Waals surface area contributed by atoms with Gasteiger partial charge in [-0.05, 0) is 78.1 Å². The first kappa shape index (κ1) is 26.5. The maximum atomic E-state index is 11.7. The molecule has 34 heavy (non-hydrogen) atoms. The Hall–Kier alpha value is -2.06. The Morgan fingerprint density at radius 1 is 0.706 bits per heavy atom. The van der Waals surface area contributed by atoms with E-state index in [0.717, 1.165) is 12.8 Å². The van der Waals surface area contributed by atoms with Crippen LogP contribution >= 0.6 is 0 Å². The lowest BCUT2D eigenvalue weighted by molar-refractivity contribution is 0.0452. The van der Waals surface area contributed by atoms with E-state index in [4.69, 9.17) is 9.47 Å². The van der Waals surface area contributed by atoms with Crippen molar-refractivity contribution in [3.8, 4) is 0 Å². The molecule has 2 fully saturated rings. The molecule has 8 atom stereocenters. The zero-order chi connectivity index (χ0) is 25.3. The molecule has 0 saturated heterocycles. The number of aliphatic hydroxyl groups is 2. The van der Waals surface area contributed by atoms with Crippen molar-refractivity contribution < 1.29 is 29.3 Å². The molecule has 0 aromatic rings. The van der Waals surface area contributed by atoms with Crippen LogP contribution in [0.25, 0.3) is 0 Å². The number of carbonyl (C=O) groups excluding carboxylic acids is 2. The van der Waals surface area contributed by atoms with Crippen LogP contribution in [0.3, 0.4) is 0 Å². The van der Waals surface area contributed by atoms with Gasteiger partial charge in [-0.1, -0.05) is 24.3 Å². The van der Waals surface area contributed by atoms with Crippen LogP contribution in [0, 0.1) is 35.5 Å². The van der Waals surface area contributed by atoms with Gasteiger partial charge in [0.05, 0.1) is 0 Å². The minimum absolute atomic E-state index is 0.0184. The molecule has 0 aliphatic heterocycles. The number of alkyl carbamates (subject to hydrolysis) is 2. The van der Waals surface area contributed by atoms with Crippen molar-refractivity contribution in [2.24, 2.45) is 35.5 Å². The second-order valence-electron chi connectivity index (χ2n) is 11.9. The van der Waals surface area contributed by atoms with Crippen molar-refractivity contribution in [3.63, 3.8) is 0 Å². The highest BCUT2D eigenvalue weighted by atomic mass is 16.6. The van der Waals surface area contributed by atoms with E-state index < -0.39 is 11.2 Å². The summed E-state index contributed by atoms with van der Waals surface area (Å²) in [5.41, 5.74) is -0.960. The van der Waals surface area contributed by atoms with Gasteiger partial charge >= 0.3 is 12.2 Å². The number of nitrogens with one attached hydrogen (secondary N) is 2. The number of hydrogen-bond donors (Lipinski definition) is 4. The van der Waals surface area contributed by atoms with Gasteiger partial charge in [0.1, 0.15) is 11.2 Å². The van der Waals surface area contributed by atoms with Gasteiger partial charge in [0.25, 0.3) is 0 Å². The molecule has 192 valence electrons. The fourth-order valence-corrected chi connectivity index (χ4v) is 5.66. The van der Waals surface area contributed by atoms with E-state index in [2.05, 4.69) is 34.9 Å². The van der Waals surface area contributed by atoms with Crippen LogP contribution in [-0.4, -0.2) is 58.9 Å². The van der Waals surface area contributed by atoms with Crippen molar-refractivity contribution in [3.05, 3.63) is 24.3 Å². The fourth-order valence-electron chi connectivity index (χ4n) is 5.66. The number of ether oxygens (including phenoxy) is 2. The van der Waals surface area contributed by atoms with Crippen molar-refractivity contribution in [1.29, 1.82) is 0 Å². The Labute approximate surface area is 203 Å². The highest BCUT2D eigenvalue weighted by Crippen LogP contribution is 2.44. The lowest BCUT2D eigenvalue weighted by Crippen LogP contribution is -2.46. The Bertz CT molecular complexity index is 730. The number of aliphatic hydroxyl groups excluding tert-OH is 2. The lowest BCUT2D eigenvalue weighted by Gasteiger charge is -2.29.